The Morgan fingerprint density at radius 3 is 2.37 bits per heavy atom. The van der Waals surface area contributed by atoms with E-state index in [-0.39, 0.29) is 12.4 Å². The normalized spacial score (nSPS) is 10.7. The third-order valence-corrected chi connectivity index (χ3v) is 4.27. The van der Waals surface area contributed by atoms with Gasteiger partial charge in [-0.25, -0.2) is 0 Å². The predicted molar refractivity (Wildman–Crippen MR) is 102 cm³/mol. The van der Waals surface area contributed by atoms with Crippen LogP contribution in [0, 0.1) is 0 Å². The van der Waals surface area contributed by atoms with Gasteiger partial charge in [0.05, 0.1) is 6.61 Å². The topological polar surface area (TPSA) is 80.6 Å². The maximum atomic E-state index is 12.6. The van der Waals surface area contributed by atoms with Gasteiger partial charge in [0.2, 0.25) is 0 Å². The van der Waals surface area contributed by atoms with Crippen molar-refractivity contribution in [2.75, 3.05) is 6.61 Å². The van der Waals surface area contributed by atoms with Gasteiger partial charge < -0.3 is 9.15 Å². The number of rotatable bonds is 6. The molecule has 1 aromatic heterocycles. The fourth-order valence-corrected chi connectivity index (χ4v) is 2.76. The zero-order valence-electron chi connectivity index (χ0n) is 15.4. The molecule has 3 rings (SSSR count). The van der Waals surface area contributed by atoms with Crippen molar-refractivity contribution in [1.29, 1.82) is 0 Å². The first-order chi connectivity index (χ1) is 13.1. The van der Waals surface area contributed by atoms with Gasteiger partial charge in [-0.2, -0.15) is 0 Å². The van der Waals surface area contributed by atoms with Crippen LogP contribution in [0.25, 0.3) is 11.0 Å². The highest BCUT2D eigenvalue weighted by atomic mass is 16.5. The zero-order chi connectivity index (χ0) is 19.2. The maximum absolute atomic E-state index is 12.6. The second-order valence-corrected chi connectivity index (χ2v) is 6.00. The molecule has 6 heteroatoms. The third kappa shape index (κ3) is 4.17. The monoisotopic (exact) mass is 366 g/mol. The molecule has 140 valence electrons. The minimum absolute atomic E-state index is 0.131. The van der Waals surface area contributed by atoms with E-state index in [4.69, 9.17) is 9.15 Å². The van der Waals surface area contributed by atoms with E-state index >= 15 is 0 Å². The Balaban J connectivity index is 1.74. The Kier molecular flexibility index (Phi) is 5.88. The van der Waals surface area contributed by atoms with Crippen LogP contribution >= 0.6 is 0 Å². The number of amides is 2. The Morgan fingerprint density at radius 2 is 1.67 bits per heavy atom. The van der Waals surface area contributed by atoms with Gasteiger partial charge in [0.1, 0.15) is 5.58 Å². The Bertz CT molecular complexity index is 944. The van der Waals surface area contributed by atoms with Gasteiger partial charge in [0.25, 0.3) is 5.91 Å². The van der Waals surface area contributed by atoms with E-state index in [9.17, 15) is 9.59 Å². The van der Waals surface area contributed by atoms with Gasteiger partial charge in [-0.05, 0) is 37.1 Å². The summed E-state index contributed by atoms with van der Waals surface area (Å²) >= 11 is 0. The summed E-state index contributed by atoms with van der Waals surface area (Å²) in [5.74, 6) is -0.792. The highest BCUT2D eigenvalue weighted by Crippen LogP contribution is 2.26. The number of aryl methyl sites for hydroxylation is 1. The molecule has 0 bridgehead atoms. The van der Waals surface area contributed by atoms with Gasteiger partial charge in [0, 0.05) is 23.1 Å². The number of carbonyl (C=O) groups excluding carboxylic acids is 2. The third-order valence-electron chi connectivity index (χ3n) is 4.27. The van der Waals surface area contributed by atoms with Crippen molar-refractivity contribution in [3.63, 3.8) is 0 Å². The van der Waals surface area contributed by atoms with E-state index in [1.807, 2.05) is 44.2 Å². The molecule has 2 N–H and O–H groups in total. The average molecular weight is 366 g/mol. The summed E-state index contributed by atoms with van der Waals surface area (Å²) in [7, 11) is 0. The minimum atomic E-state index is -0.528. The highest BCUT2D eigenvalue weighted by Gasteiger charge is 2.21. The molecule has 0 spiro atoms. The molecule has 2 amide bonds. The average Bonchev–Trinajstić information content (AvgIpc) is 3.09. The lowest BCUT2D eigenvalue weighted by Gasteiger charge is -2.08. The highest BCUT2D eigenvalue weighted by molar-refractivity contribution is 6.01. The summed E-state index contributed by atoms with van der Waals surface area (Å²) in [5.41, 5.74) is 7.70. The SMILES string of the molecule is CCOCc1c(C(=O)NNC(=O)c2ccc(CC)cc2)oc2ccccc12. The largest absolute Gasteiger partial charge is 0.450 e. The number of furan rings is 1. The molecule has 0 unspecified atom stereocenters. The number of benzene rings is 2. The first-order valence-corrected chi connectivity index (χ1v) is 8.91. The molecule has 0 aliphatic carbocycles. The molecule has 2 aromatic carbocycles. The molecule has 27 heavy (non-hydrogen) atoms. The zero-order valence-corrected chi connectivity index (χ0v) is 15.4. The molecule has 0 fully saturated rings. The number of nitrogens with one attached hydrogen (secondary N) is 2. The molecule has 6 nitrogen and oxygen atoms in total. The van der Waals surface area contributed by atoms with Crippen LogP contribution in [0.5, 0.6) is 0 Å². The van der Waals surface area contributed by atoms with E-state index < -0.39 is 11.8 Å². The fourth-order valence-electron chi connectivity index (χ4n) is 2.76. The summed E-state index contributed by atoms with van der Waals surface area (Å²) in [4.78, 5) is 24.8. The lowest BCUT2D eigenvalue weighted by Crippen LogP contribution is -2.41. The standard InChI is InChI=1S/C21H22N2O4/c1-3-14-9-11-15(12-10-14)20(24)22-23-21(25)19-17(13-26-4-2)16-7-5-6-8-18(16)27-19/h5-12H,3-4,13H2,1-2H3,(H,22,24)(H,23,25). The number of hydrogen-bond acceptors (Lipinski definition) is 4. The summed E-state index contributed by atoms with van der Waals surface area (Å²) in [6, 6.07) is 14.6. The maximum Gasteiger partial charge on any atom is 0.305 e. The molecular formula is C21H22N2O4. The molecule has 0 saturated heterocycles. The first kappa shape index (κ1) is 18.7. The second kappa shape index (κ2) is 8.51. The van der Waals surface area contributed by atoms with E-state index in [0.717, 1.165) is 17.4 Å². The van der Waals surface area contributed by atoms with Crippen LogP contribution in [0.4, 0.5) is 0 Å². The van der Waals surface area contributed by atoms with Crippen LogP contribution in [-0.2, 0) is 17.8 Å². The molecule has 0 saturated carbocycles. The molecule has 0 radical (unpaired) electrons. The number of carbonyl (C=O) groups is 2. The number of hydrogen-bond donors (Lipinski definition) is 2. The van der Waals surface area contributed by atoms with E-state index in [2.05, 4.69) is 10.9 Å². The van der Waals surface area contributed by atoms with Crippen molar-refractivity contribution in [3.8, 4) is 0 Å². The summed E-state index contributed by atoms with van der Waals surface area (Å²) in [6.07, 6.45) is 0.896. The van der Waals surface area contributed by atoms with Crippen molar-refractivity contribution in [2.45, 2.75) is 26.9 Å². The number of para-hydroxylation sites is 1. The number of ether oxygens (including phenoxy) is 1. The summed E-state index contributed by atoms with van der Waals surface area (Å²) in [6.45, 7) is 4.70. The molecule has 1 heterocycles. The predicted octanol–water partition coefficient (Wildman–Crippen LogP) is 3.61. The van der Waals surface area contributed by atoms with Crippen molar-refractivity contribution in [2.24, 2.45) is 0 Å². The summed E-state index contributed by atoms with van der Waals surface area (Å²) in [5, 5.41) is 0.817. The quantitative estimate of drug-likeness (QED) is 0.653. The van der Waals surface area contributed by atoms with Gasteiger partial charge in [-0.3, -0.25) is 20.4 Å². The van der Waals surface area contributed by atoms with Crippen molar-refractivity contribution >= 4 is 22.8 Å². The number of hydrazine groups is 1. The van der Waals surface area contributed by atoms with Gasteiger partial charge >= 0.3 is 5.91 Å². The molecular weight excluding hydrogens is 344 g/mol. The van der Waals surface area contributed by atoms with Crippen LogP contribution in [0.3, 0.4) is 0 Å². The lowest BCUT2D eigenvalue weighted by molar-refractivity contribution is 0.0825. The Labute approximate surface area is 157 Å². The van der Waals surface area contributed by atoms with Crippen molar-refractivity contribution < 1.29 is 18.7 Å². The first-order valence-electron chi connectivity index (χ1n) is 8.91. The van der Waals surface area contributed by atoms with E-state index in [1.165, 1.54) is 0 Å². The van der Waals surface area contributed by atoms with Crippen molar-refractivity contribution in [1.82, 2.24) is 10.9 Å². The molecule has 0 aliphatic heterocycles. The van der Waals surface area contributed by atoms with Crippen molar-refractivity contribution in [3.05, 3.63) is 71.0 Å². The van der Waals surface area contributed by atoms with Crippen LogP contribution < -0.4 is 10.9 Å². The molecule has 0 aliphatic rings. The lowest BCUT2D eigenvalue weighted by atomic mass is 10.1. The van der Waals surface area contributed by atoms with Gasteiger partial charge in [0.15, 0.2) is 5.76 Å². The summed E-state index contributed by atoms with van der Waals surface area (Å²) < 4.78 is 11.1. The minimum Gasteiger partial charge on any atom is -0.450 e. The molecule has 3 aromatic rings. The Morgan fingerprint density at radius 1 is 0.963 bits per heavy atom. The van der Waals surface area contributed by atoms with Crippen LogP contribution in [0.2, 0.25) is 0 Å². The van der Waals surface area contributed by atoms with Crippen LogP contribution in [0.1, 0.15) is 45.9 Å². The van der Waals surface area contributed by atoms with E-state index in [1.54, 1.807) is 18.2 Å². The Hall–Kier alpha value is -3.12. The van der Waals surface area contributed by atoms with E-state index in [0.29, 0.717) is 23.3 Å². The van der Waals surface area contributed by atoms with Gasteiger partial charge in [-0.15, -0.1) is 0 Å². The van der Waals surface area contributed by atoms with Gasteiger partial charge in [-0.1, -0.05) is 37.3 Å². The smallest absolute Gasteiger partial charge is 0.305 e. The fraction of sp³-hybridized carbons (Fsp3) is 0.238. The number of fused-ring (bicyclic) bond motifs is 1. The van der Waals surface area contributed by atoms with Crippen LogP contribution in [0.15, 0.2) is 52.9 Å². The second-order valence-electron chi connectivity index (χ2n) is 6.00. The van der Waals surface area contributed by atoms with Crippen LogP contribution in [-0.4, -0.2) is 18.4 Å². The molecule has 0 atom stereocenters.